The fourth-order valence-electron chi connectivity index (χ4n) is 3.76. The molecule has 0 saturated carbocycles. The summed E-state index contributed by atoms with van der Waals surface area (Å²) in [4.78, 5) is 0. The second kappa shape index (κ2) is 13.8. The zero-order chi connectivity index (χ0) is 25.1. The summed E-state index contributed by atoms with van der Waals surface area (Å²) < 4.78 is 20.7. The first kappa shape index (κ1) is 27.5. The van der Waals surface area contributed by atoms with E-state index >= 15 is 0 Å². The van der Waals surface area contributed by atoms with Crippen molar-refractivity contribution in [1.29, 1.82) is 0 Å². The van der Waals surface area contributed by atoms with Crippen LogP contribution in [0.2, 0.25) is 0 Å². The second-order valence-electron chi connectivity index (χ2n) is 7.83. The molecule has 10 nitrogen and oxygen atoms in total. The highest BCUT2D eigenvalue weighted by Gasteiger charge is 2.25. The van der Waals surface area contributed by atoms with Gasteiger partial charge in [0.1, 0.15) is 6.79 Å². The molecule has 10 heteroatoms. The van der Waals surface area contributed by atoms with E-state index in [1.54, 1.807) is 18.2 Å². The Bertz CT molecular complexity index is 888. The summed E-state index contributed by atoms with van der Waals surface area (Å²) in [6, 6.07) is 8.07. The van der Waals surface area contributed by atoms with Gasteiger partial charge >= 0.3 is 0 Å². The zero-order valence-electron chi connectivity index (χ0n) is 19.4. The predicted molar refractivity (Wildman–Crippen MR) is 122 cm³/mol. The van der Waals surface area contributed by atoms with Crippen LogP contribution in [0.1, 0.15) is 24.0 Å². The molecule has 34 heavy (non-hydrogen) atoms. The Balaban J connectivity index is 2.07. The smallest absolute Gasteiger partial charge is 0.200 e. The van der Waals surface area contributed by atoms with Crippen LogP contribution in [0.4, 0.5) is 0 Å². The molecule has 190 valence electrons. The van der Waals surface area contributed by atoms with Crippen LogP contribution in [0, 0.1) is 5.92 Å². The van der Waals surface area contributed by atoms with Crippen LogP contribution in [0.5, 0.6) is 28.7 Å². The van der Waals surface area contributed by atoms with Crippen molar-refractivity contribution in [2.24, 2.45) is 5.92 Å². The van der Waals surface area contributed by atoms with E-state index in [4.69, 9.17) is 24.1 Å². The van der Waals surface area contributed by atoms with Gasteiger partial charge in [0, 0.05) is 12.5 Å². The fourth-order valence-corrected chi connectivity index (χ4v) is 3.76. The number of aryl methyl sites for hydroxylation is 1. The van der Waals surface area contributed by atoms with E-state index in [0.717, 1.165) is 5.56 Å². The molecular weight excluding hydrogens is 448 g/mol. The Kier molecular flexibility index (Phi) is 11.2. The van der Waals surface area contributed by atoms with Gasteiger partial charge in [-0.25, -0.2) is 0 Å². The monoisotopic (exact) mass is 482 g/mol. The third-order valence-corrected chi connectivity index (χ3v) is 5.63. The summed E-state index contributed by atoms with van der Waals surface area (Å²) in [6.07, 6.45) is -0.0256. The molecule has 0 spiro atoms. The van der Waals surface area contributed by atoms with Crippen molar-refractivity contribution >= 4 is 0 Å². The molecule has 0 unspecified atom stereocenters. The third kappa shape index (κ3) is 7.64. The molecule has 0 aromatic heterocycles. The van der Waals surface area contributed by atoms with E-state index < -0.39 is 31.7 Å². The number of benzene rings is 2. The highest BCUT2D eigenvalue weighted by molar-refractivity contribution is 5.52. The van der Waals surface area contributed by atoms with Gasteiger partial charge in [-0.05, 0) is 61.1 Å². The normalized spacial score (nSPS) is 13.8. The highest BCUT2D eigenvalue weighted by Crippen LogP contribution is 2.38. The average molecular weight is 483 g/mol. The third-order valence-electron chi connectivity index (χ3n) is 5.63. The summed E-state index contributed by atoms with van der Waals surface area (Å²) in [5, 5.41) is 58.9. The first-order valence-corrected chi connectivity index (χ1v) is 10.9. The summed E-state index contributed by atoms with van der Waals surface area (Å²) in [5.41, 5.74) is 1.51. The van der Waals surface area contributed by atoms with Gasteiger partial charge < -0.3 is 49.6 Å². The Labute approximate surface area is 198 Å². The van der Waals surface area contributed by atoms with Gasteiger partial charge in [0.15, 0.2) is 29.8 Å². The molecule has 2 aromatic rings. The van der Waals surface area contributed by atoms with Crippen LogP contribution < -0.4 is 14.2 Å². The molecule has 0 aliphatic heterocycles. The lowest BCUT2D eigenvalue weighted by Gasteiger charge is -2.26. The molecule has 0 aliphatic rings. The number of phenolic OH excluding ortho intramolecular Hbond substituents is 2. The van der Waals surface area contributed by atoms with E-state index in [0.29, 0.717) is 24.2 Å². The van der Waals surface area contributed by atoms with Gasteiger partial charge in [0.05, 0.1) is 26.4 Å². The van der Waals surface area contributed by atoms with Crippen LogP contribution in [0.3, 0.4) is 0 Å². The summed E-state index contributed by atoms with van der Waals surface area (Å²) >= 11 is 0. The van der Waals surface area contributed by atoms with E-state index in [1.165, 1.54) is 26.4 Å². The van der Waals surface area contributed by atoms with E-state index in [9.17, 15) is 25.5 Å². The number of aliphatic hydroxyl groups excluding tert-OH is 4. The fraction of sp³-hybridized carbons (Fsp3) is 0.500. The SMILES string of the molecule is COc1cc(CC[C@@H](C[C@@H](O)[C@H](CO)Cc2cc(OC)c(O)c(OCO)c2)OCO)ccc1O. The number of hydrogen-bond acceptors (Lipinski definition) is 10. The van der Waals surface area contributed by atoms with Crippen molar-refractivity contribution in [2.75, 3.05) is 34.4 Å². The molecule has 2 rings (SSSR count). The number of rotatable bonds is 15. The summed E-state index contributed by atoms with van der Waals surface area (Å²) in [6.45, 7) is -1.47. The maximum atomic E-state index is 10.8. The van der Waals surface area contributed by atoms with Gasteiger partial charge in [0.25, 0.3) is 0 Å². The van der Waals surface area contributed by atoms with Crippen molar-refractivity contribution < 1.29 is 49.6 Å². The molecular formula is C24H34O10. The van der Waals surface area contributed by atoms with E-state index in [2.05, 4.69) is 0 Å². The Morgan fingerprint density at radius 1 is 0.853 bits per heavy atom. The zero-order valence-corrected chi connectivity index (χ0v) is 19.4. The van der Waals surface area contributed by atoms with Crippen LogP contribution in [0.25, 0.3) is 0 Å². The number of phenols is 2. The molecule has 0 fully saturated rings. The predicted octanol–water partition coefficient (Wildman–Crippen LogP) is 1.31. The second-order valence-corrected chi connectivity index (χ2v) is 7.83. The molecule has 0 heterocycles. The minimum Gasteiger partial charge on any atom is -0.504 e. The lowest BCUT2D eigenvalue weighted by atomic mass is 9.90. The minimum atomic E-state index is -0.960. The lowest BCUT2D eigenvalue weighted by molar-refractivity contribution is -0.0765. The van der Waals surface area contributed by atoms with Gasteiger partial charge in [-0.2, -0.15) is 0 Å². The van der Waals surface area contributed by atoms with Gasteiger partial charge in [-0.15, -0.1) is 0 Å². The van der Waals surface area contributed by atoms with Crippen molar-refractivity contribution in [3.63, 3.8) is 0 Å². The molecule has 0 saturated heterocycles. The summed E-state index contributed by atoms with van der Waals surface area (Å²) in [7, 11) is 2.84. The molecule has 0 radical (unpaired) electrons. The molecule has 0 aliphatic carbocycles. The number of ether oxygens (including phenoxy) is 4. The average Bonchev–Trinajstić information content (AvgIpc) is 2.83. The maximum absolute atomic E-state index is 10.8. The largest absolute Gasteiger partial charge is 0.504 e. The maximum Gasteiger partial charge on any atom is 0.200 e. The standard InChI is InChI=1S/C24H34O10/c1-31-21-8-15(4-6-19(21)28)3-5-18(33-13-26)11-20(29)17(12-25)7-16-9-22(32-2)24(30)23(10-16)34-14-27/h4,6,8-10,17-18,20,25-30H,3,5,7,11-14H2,1-2H3/t17-,18-,20+/m0/s1. The Morgan fingerprint density at radius 2 is 1.53 bits per heavy atom. The van der Waals surface area contributed by atoms with E-state index in [-0.39, 0.29) is 42.4 Å². The van der Waals surface area contributed by atoms with Gasteiger partial charge in [0.2, 0.25) is 5.75 Å². The Morgan fingerprint density at radius 3 is 2.15 bits per heavy atom. The van der Waals surface area contributed by atoms with Crippen molar-refractivity contribution in [1.82, 2.24) is 0 Å². The summed E-state index contributed by atoms with van der Waals surface area (Å²) in [5.74, 6) is -0.286. The van der Waals surface area contributed by atoms with Crippen molar-refractivity contribution in [3.05, 3.63) is 41.5 Å². The van der Waals surface area contributed by atoms with Gasteiger partial charge in [-0.1, -0.05) is 6.07 Å². The molecule has 6 N–H and O–H groups in total. The first-order valence-electron chi connectivity index (χ1n) is 10.9. The number of aromatic hydroxyl groups is 2. The molecule has 3 atom stereocenters. The first-order chi connectivity index (χ1) is 16.4. The lowest BCUT2D eigenvalue weighted by Crippen LogP contribution is -2.31. The topological polar surface area (TPSA) is 158 Å². The minimum absolute atomic E-state index is 0.0221. The number of methoxy groups -OCH3 is 2. The highest BCUT2D eigenvalue weighted by atomic mass is 16.6. The van der Waals surface area contributed by atoms with E-state index in [1.807, 2.05) is 0 Å². The van der Waals surface area contributed by atoms with Crippen LogP contribution in [-0.4, -0.2) is 77.3 Å². The molecule has 0 bridgehead atoms. The number of hydrogen-bond donors (Lipinski definition) is 6. The van der Waals surface area contributed by atoms with Crippen molar-refractivity contribution in [2.45, 2.75) is 37.9 Å². The Hall–Kier alpha value is -2.76. The molecule has 2 aromatic carbocycles. The molecule has 0 amide bonds. The quantitative estimate of drug-likeness (QED) is 0.204. The van der Waals surface area contributed by atoms with Crippen LogP contribution in [0.15, 0.2) is 30.3 Å². The van der Waals surface area contributed by atoms with Gasteiger partial charge in [-0.3, -0.25) is 0 Å². The van der Waals surface area contributed by atoms with Crippen LogP contribution >= 0.6 is 0 Å². The van der Waals surface area contributed by atoms with Crippen LogP contribution in [-0.2, 0) is 17.6 Å². The van der Waals surface area contributed by atoms with Crippen molar-refractivity contribution in [3.8, 4) is 28.7 Å². The number of aliphatic hydroxyl groups is 4.